The Morgan fingerprint density at radius 2 is 1.78 bits per heavy atom. The SMILES string of the molecule is CC(C)(C)OC(=O)CN(CCC1=CC2C[C@@H](OC3CCCCO3)[C@H](CO[Si](C)(C)C(C)(C)C)[C@H]2C1)C(=O)C(F)(F)F. The summed E-state index contributed by atoms with van der Waals surface area (Å²) < 4.78 is 64.2. The fourth-order valence-electron chi connectivity index (χ4n) is 5.73. The maximum atomic E-state index is 13.3. The molecule has 3 rings (SSSR count). The minimum Gasteiger partial charge on any atom is -0.459 e. The highest BCUT2D eigenvalue weighted by Crippen LogP contribution is 2.50. The van der Waals surface area contributed by atoms with Crippen LogP contribution in [0.3, 0.4) is 0 Å². The maximum Gasteiger partial charge on any atom is 0.471 e. The number of amides is 1. The highest BCUT2D eigenvalue weighted by molar-refractivity contribution is 6.74. The lowest BCUT2D eigenvalue weighted by Crippen LogP contribution is -2.45. The molecule has 11 heteroatoms. The van der Waals surface area contributed by atoms with Crippen molar-refractivity contribution in [2.45, 2.75) is 122 Å². The number of hydrogen-bond acceptors (Lipinski definition) is 6. The zero-order chi connectivity index (χ0) is 30.8. The molecule has 0 radical (unpaired) electrons. The number of esters is 1. The van der Waals surface area contributed by atoms with Crippen molar-refractivity contribution in [2.24, 2.45) is 17.8 Å². The first-order valence-corrected chi connectivity index (χ1v) is 17.9. The zero-order valence-electron chi connectivity index (χ0n) is 26.1. The Labute approximate surface area is 244 Å². The van der Waals surface area contributed by atoms with Crippen molar-refractivity contribution in [1.82, 2.24) is 4.90 Å². The predicted octanol–water partition coefficient (Wildman–Crippen LogP) is 6.63. The smallest absolute Gasteiger partial charge is 0.459 e. The van der Waals surface area contributed by atoms with Crippen LogP contribution in [-0.4, -0.2) is 75.6 Å². The van der Waals surface area contributed by atoms with Crippen LogP contribution in [0.15, 0.2) is 11.6 Å². The van der Waals surface area contributed by atoms with Crippen molar-refractivity contribution in [3.8, 4) is 0 Å². The molecular formula is C30H50F3NO6Si. The molecule has 2 unspecified atom stereocenters. The number of halogens is 3. The van der Waals surface area contributed by atoms with E-state index in [4.69, 9.17) is 18.6 Å². The van der Waals surface area contributed by atoms with Crippen LogP contribution in [0.2, 0.25) is 18.1 Å². The van der Waals surface area contributed by atoms with Crippen molar-refractivity contribution in [3.63, 3.8) is 0 Å². The molecule has 0 aromatic heterocycles. The first-order chi connectivity index (χ1) is 18.8. The largest absolute Gasteiger partial charge is 0.471 e. The number of fused-ring (bicyclic) bond motifs is 1. The lowest BCUT2D eigenvalue weighted by Gasteiger charge is -2.38. The van der Waals surface area contributed by atoms with Crippen LogP contribution in [0.25, 0.3) is 0 Å². The van der Waals surface area contributed by atoms with Crippen LogP contribution in [0.1, 0.15) is 80.1 Å². The van der Waals surface area contributed by atoms with E-state index in [1.165, 1.54) is 0 Å². The predicted molar refractivity (Wildman–Crippen MR) is 152 cm³/mol. The molecule has 2 fully saturated rings. The second-order valence-corrected chi connectivity index (χ2v) is 19.2. The Balaban J connectivity index is 1.69. The normalized spacial score (nSPS) is 27.4. The Bertz CT molecular complexity index is 949. The van der Waals surface area contributed by atoms with Crippen LogP contribution >= 0.6 is 0 Å². The van der Waals surface area contributed by atoms with Gasteiger partial charge in [0, 0.05) is 25.7 Å². The molecule has 3 aliphatic rings. The summed E-state index contributed by atoms with van der Waals surface area (Å²) in [5, 5.41) is 0.0650. The highest BCUT2D eigenvalue weighted by atomic mass is 28.4. The van der Waals surface area contributed by atoms with Crippen molar-refractivity contribution in [3.05, 3.63) is 11.6 Å². The van der Waals surface area contributed by atoms with Crippen LogP contribution in [-0.2, 0) is 28.2 Å². The van der Waals surface area contributed by atoms with Gasteiger partial charge in [-0.25, -0.2) is 0 Å². The number of carbonyl (C=O) groups excluding carboxylic acids is 2. The average molecular weight is 606 g/mol. The molecule has 1 amide bonds. The summed E-state index contributed by atoms with van der Waals surface area (Å²) in [5.41, 5.74) is 0.145. The average Bonchev–Trinajstić information content (AvgIpc) is 3.35. The molecular weight excluding hydrogens is 555 g/mol. The third kappa shape index (κ3) is 9.53. The molecule has 0 aromatic rings. The molecule has 0 aromatic carbocycles. The monoisotopic (exact) mass is 605 g/mol. The molecule has 0 N–H and O–H groups in total. The second kappa shape index (κ2) is 13.1. The molecule has 236 valence electrons. The Hall–Kier alpha value is -1.43. The van der Waals surface area contributed by atoms with Gasteiger partial charge in [0.25, 0.3) is 0 Å². The van der Waals surface area contributed by atoms with E-state index in [9.17, 15) is 22.8 Å². The first kappa shape index (κ1) is 34.1. The maximum absolute atomic E-state index is 13.3. The summed E-state index contributed by atoms with van der Waals surface area (Å²) in [6, 6.07) is 0. The quantitative estimate of drug-likeness (QED) is 0.158. The van der Waals surface area contributed by atoms with Gasteiger partial charge in [-0.15, -0.1) is 0 Å². The lowest BCUT2D eigenvalue weighted by molar-refractivity contribution is -0.197. The van der Waals surface area contributed by atoms with Crippen LogP contribution in [0, 0.1) is 17.8 Å². The number of ether oxygens (including phenoxy) is 3. The molecule has 0 bridgehead atoms. The molecule has 1 saturated carbocycles. The molecule has 1 aliphatic heterocycles. The summed E-state index contributed by atoms with van der Waals surface area (Å²) in [4.78, 5) is 25.0. The Morgan fingerprint density at radius 3 is 2.34 bits per heavy atom. The fourth-order valence-corrected chi connectivity index (χ4v) is 6.77. The molecule has 5 atom stereocenters. The minimum absolute atomic E-state index is 0.00820. The van der Waals surface area contributed by atoms with Crippen molar-refractivity contribution in [1.29, 1.82) is 0 Å². The third-order valence-corrected chi connectivity index (χ3v) is 13.4. The Morgan fingerprint density at radius 1 is 1.10 bits per heavy atom. The molecule has 7 nitrogen and oxygen atoms in total. The first-order valence-electron chi connectivity index (χ1n) is 15.0. The topological polar surface area (TPSA) is 74.3 Å². The van der Waals surface area contributed by atoms with Gasteiger partial charge in [-0.3, -0.25) is 9.59 Å². The second-order valence-electron chi connectivity index (χ2n) is 14.4. The third-order valence-electron chi connectivity index (χ3n) is 8.91. The van der Waals surface area contributed by atoms with E-state index in [-0.39, 0.29) is 48.2 Å². The van der Waals surface area contributed by atoms with Gasteiger partial charge in [0.2, 0.25) is 0 Å². The summed E-state index contributed by atoms with van der Waals surface area (Å²) in [5.74, 6) is -2.27. The molecule has 41 heavy (non-hydrogen) atoms. The Kier molecular flexibility index (Phi) is 10.8. The lowest BCUT2D eigenvalue weighted by atomic mass is 9.90. The van der Waals surface area contributed by atoms with Crippen LogP contribution in [0.5, 0.6) is 0 Å². The van der Waals surface area contributed by atoms with Crippen molar-refractivity contribution in [2.75, 3.05) is 26.3 Å². The summed E-state index contributed by atoms with van der Waals surface area (Å²) in [6.45, 7) is 16.3. The fraction of sp³-hybridized carbons (Fsp3) is 0.867. The van der Waals surface area contributed by atoms with Crippen molar-refractivity contribution >= 4 is 20.2 Å². The van der Waals surface area contributed by atoms with E-state index in [0.29, 0.717) is 24.5 Å². The van der Waals surface area contributed by atoms with Gasteiger partial charge >= 0.3 is 18.1 Å². The van der Waals surface area contributed by atoms with E-state index in [0.717, 1.165) is 31.3 Å². The van der Waals surface area contributed by atoms with Crippen LogP contribution in [0.4, 0.5) is 13.2 Å². The highest BCUT2D eigenvalue weighted by Gasteiger charge is 2.49. The summed E-state index contributed by atoms with van der Waals surface area (Å²) in [7, 11) is -2.01. The van der Waals surface area contributed by atoms with Gasteiger partial charge in [0.15, 0.2) is 14.6 Å². The van der Waals surface area contributed by atoms with Gasteiger partial charge in [0.05, 0.1) is 6.10 Å². The number of nitrogens with zero attached hydrogens (tertiary/aromatic N) is 1. The minimum atomic E-state index is -5.07. The molecule has 2 aliphatic carbocycles. The number of alkyl halides is 3. The van der Waals surface area contributed by atoms with Gasteiger partial charge in [0.1, 0.15) is 12.1 Å². The number of carbonyl (C=O) groups is 2. The van der Waals surface area contributed by atoms with Crippen molar-refractivity contribution < 1.29 is 41.4 Å². The number of allylic oxidation sites excluding steroid dienone is 1. The van der Waals surface area contributed by atoms with E-state index in [1.807, 2.05) is 0 Å². The van der Waals surface area contributed by atoms with E-state index in [2.05, 4.69) is 39.9 Å². The zero-order valence-corrected chi connectivity index (χ0v) is 27.1. The van der Waals surface area contributed by atoms with E-state index < -0.39 is 38.5 Å². The summed E-state index contributed by atoms with van der Waals surface area (Å²) >= 11 is 0. The standard InChI is InChI=1S/C30H50F3NO6Si/c1-28(2,3)40-25(35)18-34(27(36)30(31,32)33)13-12-20-15-21-17-24(39-26-11-9-10-14-37-26)23(22(21)16-20)19-38-41(7,8)29(4,5)6/h15,21-24,26H,9-14,16-19H2,1-8H3/t21?,22-,23+,24+,26?/m0/s1. The van der Waals surface area contributed by atoms with Gasteiger partial charge < -0.3 is 23.5 Å². The van der Waals surface area contributed by atoms with Crippen LogP contribution < -0.4 is 0 Å². The molecule has 1 saturated heterocycles. The number of hydrogen-bond donors (Lipinski definition) is 0. The van der Waals surface area contributed by atoms with Gasteiger partial charge in [-0.2, -0.15) is 13.2 Å². The van der Waals surface area contributed by atoms with Gasteiger partial charge in [-0.1, -0.05) is 32.4 Å². The van der Waals surface area contributed by atoms with E-state index >= 15 is 0 Å². The van der Waals surface area contributed by atoms with E-state index in [1.54, 1.807) is 20.8 Å². The van der Waals surface area contributed by atoms with Gasteiger partial charge in [-0.05, 0) is 89.3 Å². The molecule has 1 heterocycles. The molecule has 0 spiro atoms. The number of rotatable bonds is 10. The summed E-state index contributed by atoms with van der Waals surface area (Å²) in [6.07, 6.45) is 1.66.